The Hall–Kier alpha value is -2.53. The second-order valence-electron chi connectivity index (χ2n) is 5.21. The summed E-state index contributed by atoms with van der Waals surface area (Å²) in [6.45, 7) is 3.74. The van der Waals surface area contributed by atoms with E-state index in [2.05, 4.69) is 5.32 Å². The predicted octanol–water partition coefficient (Wildman–Crippen LogP) is 2.10. The molecule has 2 rings (SSSR count). The monoisotopic (exact) mass is 282 g/mol. The molecule has 1 aromatic rings. The molecule has 1 aliphatic carbocycles. The summed E-state index contributed by atoms with van der Waals surface area (Å²) >= 11 is 0. The summed E-state index contributed by atoms with van der Waals surface area (Å²) < 4.78 is 0. The number of amides is 1. The molecule has 0 radical (unpaired) electrons. The summed E-state index contributed by atoms with van der Waals surface area (Å²) in [5, 5.41) is 20.9. The molecular formula is C16H18N4O. The van der Waals surface area contributed by atoms with Gasteiger partial charge in [-0.15, -0.1) is 0 Å². The second kappa shape index (κ2) is 6.76. The maximum absolute atomic E-state index is 12.1. The summed E-state index contributed by atoms with van der Waals surface area (Å²) in [6, 6.07) is 8.86. The van der Waals surface area contributed by atoms with E-state index in [1.165, 1.54) is 12.8 Å². The molecule has 0 unspecified atom stereocenters. The number of nitriles is 2. The van der Waals surface area contributed by atoms with E-state index in [4.69, 9.17) is 10.5 Å². The van der Waals surface area contributed by atoms with Gasteiger partial charge in [-0.25, -0.2) is 0 Å². The Morgan fingerprint density at radius 2 is 2.05 bits per heavy atom. The third-order valence-electron chi connectivity index (χ3n) is 3.61. The molecule has 0 saturated heterocycles. The minimum Gasteiger partial charge on any atom is -0.376 e. The summed E-state index contributed by atoms with van der Waals surface area (Å²) in [5.74, 6) is 0.737. The highest BCUT2D eigenvalue weighted by Crippen LogP contribution is 2.29. The molecule has 1 fully saturated rings. The minimum absolute atomic E-state index is 0.0623. The molecule has 5 nitrogen and oxygen atoms in total. The van der Waals surface area contributed by atoms with Crippen molar-refractivity contribution >= 4 is 11.6 Å². The Bertz CT molecular complexity index is 608. The van der Waals surface area contributed by atoms with Gasteiger partial charge < -0.3 is 10.2 Å². The third kappa shape index (κ3) is 3.97. The van der Waals surface area contributed by atoms with Crippen LogP contribution in [0.1, 0.15) is 30.9 Å². The van der Waals surface area contributed by atoms with Gasteiger partial charge in [0.05, 0.1) is 17.7 Å². The molecule has 0 bridgehead atoms. The van der Waals surface area contributed by atoms with Crippen LogP contribution in [0.15, 0.2) is 18.2 Å². The first-order chi connectivity index (χ1) is 10.2. The quantitative estimate of drug-likeness (QED) is 0.866. The average molecular weight is 282 g/mol. The number of carbonyl (C=O) groups is 1. The second-order valence-corrected chi connectivity index (χ2v) is 5.21. The van der Waals surface area contributed by atoms with Crippen molar-refractivity contribution in [3.63, 3.8) is 0 Å². The number of carbonyl (C=O) groups excluding carboxylic acids is 1. The number of rotatable bonds is 6. The normalized spacial score (nSPS) is 13.1. The molecular weight excluding hydrogens is 264 g/mol. The molecule has 1 N–H and O–H groups in total. The first kappa shape index (κ1) is 14.9. The van der Waals surface area contributed by atoms with Crippen LogP contribution in [0, 0.1) is 28.6 Å². The predicted molar refractivity (Wildman–Crippen MR) is 79.3 cm³/mol. The number of hydrogen-bond acceptors (Lipinski definition) is 4. The zero-order valence-electron chi connectivity index (χ0n) is 12.1. The van der Waals surface area contributed by atoms with Crippen molar-refractivity contribution in [2.45, 2.75) is 19.8 Å². The van der Waals surface area contributed by atoms with E-state index >= 15 is 0 Å². The van der Waals surface area contributed by atoms with E-state index < -0.39 is 0 Å². The lowest BCUT2D eigenvalue weighted by Gasteiger charge is -2.21. The molecule has 1 aliphatic rings. The average Bonchev–Trinajstić information content (AvgIpc) is 3.33. The lowest BCUT2D eigenvalue weighted by atomic mass is 10.1. The molecule has 0 heterocycles. The van der Waals surface area contributed by atoms with E-state index in [0.29, 0.717) is 29.3 Å². The molecule has 108 valence electrons. The fourth-order valence-electron chi connectivity index (χ4n) is 2.15. The molecule has 0 aliphatic heterocycles. The third-order valence-corrected chi connectivity index (χ3v) is 3.61. The van der Waals surface area contributed by atoms with Crippen molar-refractivity contribution in [1.82, 2.24) is 4.90 Å². The topological polar surface area (TPSA) is 79.9 Å². The summed E-state index contributed by atoms with van der Waals surface area (Å²) in [6.07, 6.45) is 2.44. The van der Waals surface area contributed by atoms with E-state index in [1.807, 2.05) is 24.0 Å². The van der Waals surface area contributed by atoms with Gasteiger partial charge in [0.15, 0.2) is 0 Å². The lowest BCUT2D eigenvalue weighted by Crippen LogP contribution is -2.36. The van der Waals surface area contributed by atoms with Gasteiger partial charge in [0, 0.05) is 18.8 Å². The number of likely N-dealkylation sites (N-methyl/N-ethyl adjacent to an activating group) is 1. The van der Waals surface area contributed by atoms with Crippen LogP contribution in [-0.2, 0) is 4.79 Å². The van der Waals surface area contributed by atoms with E-state index in [1.54, 1.807) is 18.2 Å². The number of nitrogens with zero attached hydrogens (tertiary/aromatic N) is 3. The van der Waals surface area contributed by atoms with Crippen molar-refractivity contribution in [3.8, 4) is 12.1 Å². The Morgan fingerprint density at radius 3 is 2.62 bits per heavy atom. The van der Waals surface area contributed by atoms with Crippen LogP contribution >= 0.6 is 0 Å². The highest BCUT2D eigenvalue weighted by atomic mass is 16.2. The Kier molecular flexibility index (Phi) is 4.79. The smallest absolute Gasteiger partial charge is 0.241 e. The van der Waals surface area contributed by atoms with Crippen LogP contribution in [0.3, 0.4) is 0 Å². The lowest BCUT2D eigenvalue weighted by molar-refractivity contribution is -0.129. The van der Waals surface area contributed by atoms with Crippen molar-refractivity contribution in [2.75, 3.05) is 25.0 Å². The van der Waals surface area contributed by atoms with Gasteiger partial charge in [-0.05, 0) is 43.9 Å². The minimum atomic E-state index is 0.0623. The van der Waals surface area contributed by atoms with Crippen molar-refractivity contribution < 1.29 is 4.79 Å². The fraction of sp³-hybridized carbons (Fsp3) is 0.438. The Morgan fingerprint density at radius 1 is 1.33 bits per heavy atom. The SMILES string of the molecule is CCN(CC1CC1)C(=O)CNc1ccc(C#N)c(C#N)c1. The van der Waals surface area contributed by atoms with Crippen LogP contribution in [0.2, 0.25) is 0 Å². The maximum atomic E-state index is 12.1. The van der Waals surface area contributed by atoms with Crippen molar-refractivity contribution in [1.29, 1.82) is 10.5 Å². The number of anilines is 1. The first-order valence-electron chi connectivity index (χ1n) is 7.13. The Labute approximate surface area is 124 Å². The van der Waals surface area contributed by atoms with Crippen molar-refractivity contribution in [2.24, 2.45) is 5.92 Å². The van der Waals surface area contributed by atoms with Crippen LogP contribution in [-0.4, -0.2) is 30.4 Å². The van der Waals surface area contributed by atoms with Crippen LogP contribution in [0.4, 0.5) is 5.69 Å². The molecule has 21 heavy (non-hydrogen) atoms. The van der Waals surface area contributed by atoms with E-state index in [-0.39, 0.29) is 12.5 Å². The van der Waals surface area contributed by atoms with Gasteiger partial charge in [0.1, 0.15) is 12.1 Å². The van der Waals surface area contributed by atoms with Gasteiger partial charge in [0.2, 0.25) is 5.91 Å². The van der Waals surface area contributed by atoms with Gasteiger partial charge in [0.25, 0.3) is 0 Å². The molecule has 0 atom stereocenters. The van der Waals surface area contributed by atoms with Gasteiger partial charge in [-0.1, -0.05) is 0 Å². The highest BCUT2D eigenvalue weighted by molar-refractivity contribution is 5.81. The fourth-order valence-corrected chi connectivity index (χ4v) is 2.15. The van der Waals surface area contributed by atoms with E-state index in [0.717, 1.165) is 6.54 Å². The molecule has 0 aromatic heterocycles. The summed E-state index contributed by atoms with van der Waals surface area (Å²) in [5.41, 5.74) is 1.35. The largest absolute Gasteiger partial charge is 0.376 e. The van der Waals surface area contributed by atoms with Crippen LogP contribution < -0.4 is 5.32 Å². The zero-order chi connectivity index (χ0) is 15.2. The number of benzene rings is 1. The van der Waals surface area contributed by atoms with Gasteiger partial charge in [-0.2, -0.15) is 10.5 Å². The van der Waals surface area contributed by atoms with Gasteiger partial charge >= 0.3 is 0 Å². The molecule has 5 heteroatoms. The standard InChI is InChI=1S/C16H18N4O/c1-2-20(11-12-3-4-12)16(21)10-19-15-6-5-13(8-17)14(7-15)9-18/h5-7,12,19H,2-4,10-11H2,1H3. The van der Waals surface area contributed by atoms with Crippen LogP contribution in [0.25, 0.3) is 0 Å². The molecule has 1 saturated carbocycles. The highest BCUT2D eigenvalue weighted by Gasteiger charge is 2.25. The zero-order valence-corrected chi connectivity index (χ0v) is 12.1. The number of hydrogen-bond donors (Lipinski definition) is 1. The molecule has 0 spiro atoms. The van der Waals surface area contributed by atoms with Crippen LogP contribution in [0.5, 0.6) is 0 Å². The number of nitrogens with one attached hydrogen (secondary N) is 1. The maximum Gasteiger partial charge on any atom is 0.241 e. The molecule has 1 aromatic carbocycles. The first-order valence-corrected chi connectivity index (χ1v) is 7.13. The molecule has 1 amide bonds. The van der Waals surface area contributed by atoms with Gasteiger partial charge in [-0.3, -0.25) is 4.79 Å². The van der Waals surface area contributed by atoms with Crippen molar-refractivity contribution in [3.05, 3.63) is 29.3 Å². The Balaban J connectivity index is 1.94. The summed E-state index contributed by atoms with van der Waals surface area (Å²) in [4.78, 5) is 14.0. The summed E-state index contributed by atoms with van der Waals surface area (Å²) in [7, 11) is 0. The van der Waals surface area contributed by atoms with E-state index in [9.17, 15) is 4.79 Å².